The van der Waals surface area contributed by atoms with Gasteiger partial charge in [-0.1, -0.05) is 12.8 Å². The molecule has 180 valence electrons. The van der Waals surface area contributed by atoms with Crippen LogP contribution in [0.2, 0.25) is 0 Å². The number of carbonyl (C=O) groups is 1. The first-order valence-corrected chi connectivity index (χ1v) is 11.4. The molecule has 13 heteroatoms. The van der Waals surface area contributed by atoms with Crippen LogP contribution in [0.3, 0.4) is 0 Å². The Morgan fingerprint density at radius 2 is 2.15 bits per heavy atom. The van der Waals surface area contributed by atoms with E-state index in [4.69, 9.17) is 10.7 Å². The molecule has 0 aromatic heterocycles. The lowest BCUT2D eigenvalue weighted by atomic mass is 10.0. The first-order chi connectivity index (χ1) is 15.9. The predicted molar refractivity (Wildman–Crippen MR) is 125 cm³/mol. The van der Waals surface area contributed by atoms with Gasteiger partial charge in [-0.15, -0.1) is 5.06 Å². The normalized spacial score (nSPS) is 21.5. The van der Waals surface area contributed by atoms with Gasteiger partial charge < -0.3 is 5.73 Å². The van der Waals surface area contributed by atoms with Crippen molar-refractivity contribution in [1.29, 1.82) is 0 Å². The highest BCUT2D eigenvalue weighted by Crippen LogP contribution is 2.27. The molecular weight excluding hydrogens is 499 g/mol. The summed E-state index contributed by atoms with van der Waals surface area (Å²) < 4.78 is 13.7. The van der Waals surface area contributed by atoms with Crippen LogP contribution in [-0.2, 0) is 9.73 Å². The van der Waals surface area contributed by atoms with Gasteiger partial charge in [0.05, 0.1) is 23.2 Å². The molecule has 3 rings (SSSR count). The monoisotopic (exact) mass is 526 g/mol. The van der Waals surface area contributed by atoms with E-state index in [0.717, 1.165) is 12.8 Å². The number of carbonyl (C=O) groups excluding carboxylic acids is 1. The second-order valence-corrected chi connectivity index (χ2v) is 8.64. The Bertz CT molecular complexity index is 936. The van der Waals surface area contributed by atoms with E-state index < -0.39 is 11.9 Å². The fourth-order valence-corrected chi connectivity index (χ4v) is 4.08. The molecule has 2 aliphatic rings. The van der Waals surface area contributed by atoms with Crippen molar-refractivity contribution >= 4 is 45.2 Å². The van der Waals surface area contributed by atoms with Crippen LogP contribution in [0.15, 0.2) is 37.6 Å². The Balaban J connectivity index is 1.58. The summed E-state index contributed by atoms with van der Waals surface area (Å²) in [5.41, 5.74) is 10.9. The zero-order chi connectivity index (χ0) is 23.8. The topological polar surface area (TPSA) is 149 Å². The van der Waals surface area contributed by atoms with Crippen molar-refractivity contribution in [1.82, 2.24) is 21.3 Å². The van der Waals surface area contributed by atoms with Gasteiger partial charge in [-0.3, -0.25) is 30.8 Å². The smallest absolute Gasteiger partial charge is 0.226 e. The summed E-state index contributed by atoms with van der Waals surface area (Å²) in [5.74, 6) is 0.429. The number of hydrogen-bond donors (Lipinski definition) is 5. The number of nitrogens with one attached hydrogen (secondary N) is 3. The second kappa shape index (κ2) is 12.0. The van der Waals surface area contributed by atoms with Crippen LogP contribution in [0.1, 0.15) is 32.1 Å². The second-order valence-electron chi connectivity index (χ2n) is 7.79. The van der Waals surface area contributed by atoms with E-state index in [2.05, 4.69) is 47.2 Å². The van der Waals surface area contributed by atoms with Crippen molar-refractivity contribution in [2.24, 2.45) is 26.6 Å². The Morgan fingerprint density at radius 1 is 1.39 bits per heavy atom. The van der Waals surface area contributed by atoms with Crippen LogP contribution in [0.5, 0.6) is 0 Å². The zero-order valence-electron chi connectivity index (χ0n) is 18.2. The number of amides is 1. The number of halogens is 2. The molecule has 11 nitrogen and oxygen atoms in total. The van der Waals surface area contributed by atoms with Crippen LogP contribution < -0.4 is 22.0 Å². The van der Waals surface area contributed by atoms with E-state index >= 15 is 0 Å². The van der Waals surface area contributed by atoms with Crippen molar-refractivity contribution < 1.29 is 19.3 Å². The van der Waals surface area contributed by atoms with E-state index in [0.29, 0.717) is 23.9 Å². The van der Waals surface area contributed by atoms with Crippen molar-refractivity contribution in [3.63, 3.8) is 0 Å². The van der Waals surface area contributed by atoms with Crippen LogP contribution in [0, 0.1) is 11.7 Å². The lowest BCUT2D eigenvalue weighted by molar-refractivity contribution is -0.144. The molecule has 1 aliphatic carbocycles. The number of likely N-dealkylation sites (N-methyl/N-ethyl adjacent to an activating group) is 1. The van der Waals surface area contributed by atoms with E-state index in [1.54, 1.807) is 7.05 Å². The maximum atomic E-state index is 13.5. The van der Waals surface area contributed by atoms with Gasteiger partial charge >= 0.3 is 0 Å². The highest BCUT2D eigenvalue weighted by molar-refractivity contribution is 9.10. The summed E-state index contributed by atoms with van der Waals surface area (Å²) in [6.45, 7) is 0.483. The number of amidine groups is 2. The predicted octanol–water partition coefficient (Wildman–Crippen LogP) is 1.76. The van der Waals surface area contributed by atoms with Crippen molar-refractivity contribution in [3.8, 4) is 0 Å². The molecule has 0 bridgehead atoms. The number of guanidine groups is 1. The first-order valence-electron chi connectivity index (χ1n) is 10.6. The number of nitrogens with zero attached hydrogens (tertiary/aromatic N) is 4. The number of nitrogens with two attached hydrogens (primary N) is 1. The van der Waals surface area contributed by atoms with Crippen LogP contribution >= 0.6 is 15.9 Å². The number of aliphatic imine (C=N–C) groups is 3. The molecule has 1 aliphatic heterocycles. The highest BCUT2D eigenvalue weighted by atomic mass is 79.9. The van der Waals surface area contributed by atoms with E-state index in [1.165, 1.54) is 36.1 Å². The minimum Gasteiger partial charge on any atom is -0.370 e. The van der Waals surface area contributed by atoms with Gasteiger partial charge in [0.2, 0.25) is 5.91 Å². The molecule has 1 aromatic carbocycles. The number of hydroxylamine groups is 4. The number of benzene rings is 1. The molecular formula is C20H28BrFN8O3. The third-order valence-corrected chi connectivity index (χ3v) is 5.93. The van der Waals surface area contributed by atoms with Crippen LogP contribution in [-0.4, -0.2) is 60.0 Å². The van der Waals surface area contributed by atoms with Gasteiger partial charge in [-0.05, 0) is 52.9 Å². The Hall–Kier alpha value is -2.61. The summed E-state index contributed by atoms with van der Waals surface area (Å²) in [6, 6.07) is 3.53. The Labute approximate surface area is 199 Å². The zero-order valence-corrected chi connectivity index (χ0v) is 19.8. The van der Waals surface area contributed by atoms with Crippen LogP contribution in [0.25, 0.3) is 0 Å². The minimum absolute atomic E-state index is 0.0589. The Morgan fingerprint density at radius 3 is 2.85 bits per heavy atom. The summed E-state index contributed by atoms with van der Waals surface area (Å²) in [7, 11) is 1.63. The molecule has 1 saturated heterocycles. The molecule has 1 atom stereocenters. The molecule has 1 saturated carbocycles. The lowest BCUT2D eigenvalue weighted by Crippen LogP contribution is -2.44. The van der Waals surface area contributed by atoms with E-state index in [-0.39, 0.29) is 35.3 Å². The molecule has 1 heterocycles. The lowest BCUT2D eigenvalue weighted by Gasteiger charge is -2.16. The third-order valence-electron chi connectivity index (χ3n) is 5.32. The average molecular weight is 527 g/mol. The number of rotatable bonds is 7. The Kier molecular flexibility index (Phi) is 9.11. The average Bonchev–Trinajstić information content (AvgIpc) is 3.41. The molecule has 2 fully saturated rings. The third kappa shape index (κ3) is 7.19. The largest absolute Gasteiger partial charge is 0.370 e. The van der Waals surface area contributed by atoms with Gasteiger partial charge in [-0.2, -0.15) is 4.94 Å². The maximum absolute atomic E-state index is 13.5. The summed E-state index contributed by atoms with van der Waals surface area (Å²) >= 11 is 3.11. The molecule has 0 spiro atoms. The summed E-state index contributed by atoms with van der Waals surface area (Å²) in [6.07, 6.45) is 4.98. The van der Waals surface area contributed by atoms with Gasteiger partial charge in [0.25, 0.3) is 0 Å². The quantitative estimate of drug-likeness (QED) is 0.157. The van der Waals surface area contributed by atoms with Crippen molar-refractivity contribution in [2.45, 2.75) is 38.1 Å². The molecule has 6 N–H and O–H groups in total. The fraction of sp³-hybridized carbons (Fsp3) is 0.500. The molecule has 1 amide bonds. The molecule has 0 radical (unpaired) electrons. The van der Waals surface area contributed by atoms with Gasteiger partial charge in [0, 0.05) is 13.5 Å². The summed E-state index contributed by atoms with van der Waals surface area (Å²) in [4.78, 5) is 30.1. The van der Waals surface area contributed by atoms with E-state index in [9.17, 15) is 14.4 Å². The molecule has 1 unspecified atom stereocenters. The van der Waals surface area contributed by atoms with Gasteiger partial charge in [0.15, 0.2) is 23.7 Å². The van der Waals surface area contributed by atoms with Gasteiger partial charge in [-0.25, -0.2) is 14.9 Å². The SMILES string of the molecule is CN1ONC(=NCCN=C(N)NC(=O)CC2CCCC2)C1C(=Nc1ccc(F)c(Br)c1)NO. The van der Waals surface area contributed by atoms with Crippen molar-refractivity contribution in [2.75, 3.05) is 20.1 Å². The fourth-order valence-electron chi connectivity index (χ4n) is 3.71. The molecule has 1 aromatic rings. The summed E-state index contributed by atoms with van der Waals surface area (Å²) in [5, 5.41) is 13.6. The van der Waals surface area contributed by atoms with Crippen LogP contribution in [0.4, 0.5) is 10.1 Å². The minimum atomic E-state index is -0.675. The van der Waals surface area contributed by atoms with E-state index in [1.807, 2.05) is 0 Å². The molecule has 33 heavy (non-hydrogen) atoms. The van der Waals surface area contributed by atoms with Crippen molar-refractivity contribution in [3.05, 3.63) is 28.5 Å². The standard InChI is InChI=1S/C20H28BrFN8O3/c1-30-17(19(28-32)26-13-6-7-15(22)14(21)11-13)18(29-33-30)24-8-9-25-20(23)27-16(31)10-12-4-2-3-5-12/h6-7,11-12,17,32H,2-5,8-10H2,1H3,(H,24,29)(H,26,28)(H3,23,25,27,31). The van der Waals surface area contributed by atoms with Gasteiger partial charge in [0.1, 0.15) is 5.82 Å². The number of hydrogen-bond acceptors (Lipinski definition) is 7. The first kappa shape index (κ1) is 25.0. The maximum Gasteiger partial charge on any atom is 0.226 e. The highest BCUT2D eigenvalue weighted by Gasteiger charge is 2.34.